The van der Waals surface area contributed by atoms with Crippen molar-refractivity contribution in [1.29, 1.82) is 0 Å². The SMILES string of the molecule is CC(C)CCOCc1ccc(C#CCCO)cc1F. The first-order chi connectivity index (χ1) is 9.13. The number of aliphatic hydroxyl groups is 1. The second-order valence-electron chi connectivity index (χ2n) is 4.82. The topological polar surface area (TPSA) is 29.5 Å². The summed E-state index contributed by atoms with van der Waals surface area (Å²) < 4.78 is 19.2. The van der Waals surface area contributed by atoms with Crippen LogP contribution in [0.5, 0.6) is 0 Å². The highest BCUT2D eigenvalue weighted by atomic mass is 19.1. The summed E-state index contributed by atoms with van der Waals surface area (Å²) in [6.07, 6.45) is 1.38. The van der Waals surface area contributed by atoms with Gasteiger partial charge in [0, 0.05) is 24.2 Å². The summed E-state index contributed by atoms with van der Waals surface area (Å²) in [4.78, 5) is 0. The van der Waals surface area contributed by atoms with Crippen LogP contribution in [0.1, 0.15) is 37.8 Å². The standard InChI is InChI=1S/C16H21FO2/c1-13(2)8-10-19-12-15-7-6-14(11-16(15)17)5-3-4-9-18/h6-7,11,13,18H,4,8-10,12H2,1-2H3. The monoisotopic (exact) mass is 264 g/mol. The molecule has 0 aliphatic carbocycles. The van der Waals surface area contributed by atoms with Crippen molar-refractivity contribution in [2.45, 2.75) is 33.3 Å². The van der Waals surface area contributed by atoms with Crippen LogP contribution in [0.2, 0.25) is 0 Å². The van der Waals surface area contributed by atoms with Crippen molar-refractivity contribution < 1.29 is 14.2 Å². The molecule has 1 aromatic rings. The van der Waals surface area contributed by atoms with Crippen molar-refractivity contribution >= 4 is 0 Å². The van der Waals surface area contributed by atoms with Crippen LogP contribution in [0, 0.1) is 23.6 Å². The molecular formula is C16H21FO2. The first kappa shape index (κ1) is 15.7. The zero-order valence-electron chi connectivity index (χ0n) is 11.6. The average molecular weight is 264 g/mol. The summed E-state index contributed by atoms with van der Waals surface area (Å²) in [5.41, 5.74) is 1.17. The molecule has 0 saturated heterocycles. The molecule has 0 spiro atoms. The molecule has 1 N–H and O–H groups in total. The summed E-state index contributed by atoms with van der Waals surface area (Å²) in [6, 6.07) is 4.88. The molecular weight excluding hydrogens is 243 g/mol. The Labute approximate surface area is 114 Å². The first-order valence-corrected chi connectivity index (χ1v) is 6.59. The predicted molar refractivity (Wildman–Crippen MR) is 74.1 cm³/mol. The zero-order chi connectivity index (χ0) is 14.1. The molecule has 0 aliphatic heterocycles. The number of aliphatic hydroxyl groups excluding tert-OH is 1. The lowest BCUT2D eigenvalue weighted by Crippen LogP contribution is -2.01. The molecule has 0 fully saturated rings. The molecule has 0 bridgehead atoms. The van der Waals surface area contributed by atoms with Gasteiger partial charge in [0.1, 0.15) is 5.82 Å². The van der Waals surface area contributed by atoms with E-state index in [1.807, 2.05) is 0 Å². The maximum Gasteiger partial charge on any atom is 0.129 e. The second-order valence-corrected chi connectivity index (χ2v) is 4.82. The molecule has 3 heteroatoms. The molecule has 0 heterocycles. The van der Waals surface area contributed by atoms with E-state index in [0.717, 1.165) is 6.42 Å². The quantitative estimate of drug-likeness (QED) is 0.632. The number of halogens is 1. The molecule has 19 heavy (non-hydrogen) atoms. The van der Waals surface area contributed by atoms with E-state index in [1.54, 1.807) is 12.1 Å². The number of hydrogen-bond donors (Lipinski definition) is 1. The summed E-state index contributed by atoms with van der Waals surface area (Å²) in [5, 5.41) is 8.61. The maximum atomic E-state index is 13.7. The molecule has 1 rings (SSSR count). The van der Waals surface area contributed by atoms with Gasteiger partial charge in [0.15, 0.2) is 0 Å². The summed E-state index contributed by atoms with van der Waals surface area (Å²) in [5.74, 6) is 5.87. The highest BCUT2D eigenvalue weighted by Gasteiger charge is 2.03. The molecule has 0 unspecified atom stereocenters. The van der Waals surface area contributed by atoms with Crippen LogP contribution in [0.4, 0.5) is 4.39 Å². The third-order valence-electron chi connectivity index (χ3n) is 2.62. The van der Waals surface area contributed by atoms with Gasteiger partial charge >= 0.3 is 0 Å². The Hall–Kier alpha value is -1.37. The number of benzene rings is 1. The van der Waals surface area contributed by atoms with E-state index in [1.165, 1.54) is 6.07 Å². The minimum Gasteiger partial charge on any atom is -0.395 e. The number of hydrogen-bond acceptors (Lipinski definition) is 2. The second kappa shape index (κ2) is 8.68. The van der Waals surface area contributed by atoms with Crippen molar-refractivity contribution in [2.24, 2.45) is 5.92 Å². The molecule has 2 nitrogen and oxygen atoms in total. The van der Waals surface area contributed by atoms with Crippen molar-refractivity contribution in [3.8, 4) is 11.8 Å². The first-order valence-electron chi connectivity index (χ1n) is 6.59. The minimum absolute atomic E-state index is 0.0251. The van der Waals surface area contributed by atoms with E-state index in [9.17, 15) is 4.39 Å². The van der Waals surface area contributed by atoms with E-state index < -0.39 is 0 Å². The lowest BCUT2D eigenvalue weighted by molar-refractivity contribution is 0.108. The Morgan fingerprint density at radius 3 is 2.79 bits per heavy atom. The third kappa shape index (κ3) is 6.37. The molecule has 0 amide bonds. The van der Waals surface area contributed by atoms with E-state index in [-0.39, 0.29) is 12.4 Å². The van der Waals surface area contributed by atoms with Crippen molar-refractivity contribution in [3.05, 3.63) is 35.1 Å². The van der Waals surface area contributed by atoms with Crippen LogP contribution in [-0.2, 0) is 11.3 Å². The lowest BCUT2D eigenvalue weighted by Gasteiger charge is -2.07. The van der Waals surface area contributed by atoms with Gasteiger partial charge in [-0.2, -0.15) is 0 Å². The molecule has 0 saturated carbocycles. The van der Waals surface area contributed by atoms with Gasteiger partial charge in [0.2, 0.25) is 0 Å². The van der Waals surface area contributed by atoms with Crippen LogP contribution in [-0.4, -0.2) is 18.3 Å². The van der Waals surface area contributed by atoms with Crippen LogP contribution >= 0.6 is 0 Å². The molecule has 0 aliphatic rings. The van der Waals surface area contributed by atoms with E-state index in [2.05, 4.69) is 25.7 Å². The molecule has 1 aromatic carbocycles. The largest absolute Gasteiger partial charge is 0.395 e. The highest BCUT2D eigenvalue weighted by Crippen LogP contribution is 2.12. The number of ether oxygens (including phenoxy) is 1. The van der Waals surface area contributed by atoms with Gasteiger partial charge in [-0.1, -0.05) is 31.8 Å². The van der Waals surface area contributed by atoms with Gasteiger partial charge in [0.25, 0.3) is 0 Å². The molecule has 0 radical (unpaired) electrons. The highest BCUT2D eigenvalue weighted by molar-refractivity contribution is 5.36. The molecule has 104 valence electrons. The van der Waals surface area contributed by atoms with Gasteiger partial charge in [-0.15, -0.1) is 0 Å². The minimum atomic E-state index is -0.291. The van der Waals surface area contributed by atoms with Crippen LogP contribution in [0.3, 0.4) is 0 Å². The van der Waals surface area contributed by atoms with Gasteiger partial charge in [-0.05, 0) is 24.5 Å². The Morgan fingerprint density at radius 1 is 1.37 bits per heavy atom. The fourth-order valence-electron chi connectivity index (χ4n) is 1.46. The summed E-state index contributed by atoms with van der Waals surface area (Å²) >= 11 is 0. The van der Waals surface area contributed by atoms with Gasteiger partial charge in [-0.25, -0.2) is 4.39 Å². The van der Waals surface area contributed by atoms with Crippen LogP contribution in [0.15, 0.2) is 18.2 Å². The van der Waals surface area contributed by atoms with Crippen molar-refractivity contribution in [1.82, 2.24) is 0 Å². The van der Waals surface area contributed by atoms with E-state index >= 15 is 0 Å². The van der Waals surface area contributed by atoms with Crippen molar-refractivity contribution in [2.75, 3.05) is 13.2 Å². The Morgan fingerprint density at radius 2 is 2.16 bits per heavy atom. The summed E-state index contributed by atoms with van der Waals surface area (Å²) in [6.45, 7) is 5.23. The fraction of sp³-hybridized carbons (Fsp3) is 0.500. The van der Waals surface area contributed by atoms with Gasteiger partial charge < -0.3 is 9.84 Å². The third-order valence-corrected chi connectivity index (χ3v) is 2.62. The van der Waals surface area contributed by atoms with Gasteiger partial charge in [-0.3, -0.25) is 0 Å². The molecule has 0 aromatic heterocycles. The van der Waals surface area contributed by atoms with Gasteiger partial charge in [0.05, 0.1) is 13.2 Å². The average Bonchev–Trinajstić information content (AvgIpc) is 2.36. The zero-order valence-corrected chi connectivity index (χ0v) is 11.6. The number of rotatable bonds is 6. The fourth-order valence-corrected chi connectivity index (χ4v) is 1.46. The van der Waals surface area contributed by atoms with E-state index in [0.29, 0.717) is 36.7 Å². The van der Waals surface area contributed by atoms with Crippen LogP contribution < -0.4 is 0 Å². The smallest absolute Gasteiger partial charge is 0.129 e. The Kier molecular flexibility index (Phi) is 7.17. The molecule has 0 atom stereocenters. The predicted octanol–water partition coefficient (Wildman–Crippen LogP) is 3.12. The summed E-state index contributed by atoms with van der Waals surface area (Å²) in [7, 11) is 0. The normalized spacial score (nSPS) is 10.4. The Bertz CT molecular complexity index is 444. The lowest BCUT2D eigenvalue weighted by atomic mass is 10.1. The van der Waals surface area contributed by atoms with Crippen LogP contribution in [0.25, 0.3) is 0 Å². The van der Waals surface area contributed by atoms with E-state index in [4.69, 9.17) is 9.84 Å². The Balaban J connectivity index is 2.51. The maximum absolute atomic E-state index is 13.7. The van der Waals surface area contributed by atoms with Crippen molar-refractivity contribution in [3.63, 3.8) is 0 Å².